The van der Waals surface area contributed by atoms with Gasteiger partial charge in [-0.15, -0.1) is 0 Å². The maximum absolute atomic E-state index is 13.6. The van der Waals surface area contributed by atoms with E-state index in [0.717, 1.165) is 10.6 Å². The summed E-state index contributed by atoms with van der Waals surface area (Å²) in [5, 5.41) is 2.37. The molecule has 0 saturated heterocycles. The molecule has 8 heteroatoms. The lowest BCUT2D eigenvalue weighted by Gasteiger charge is -2.22. The van der Waals surface area contributed by atoms with E-state index < -0.39 is 28.3 Å². The maximum atomic E-state index is 13.6. The Morgan fingerprint density at radius 3 is 2.56 bits per heavy atom. The van der Waals surface area contributed by atoms with Gasteiger partial charge in [-0.3, -0.25) is 9.10 Å². The zero-order valence-corrected chi connectivity index (χ0v) is 14.7. The topological polar surface area (TPSA) is 75.7 Å². The molecule has 0 fully saturated rings. The van der Waals surface area contributed by atoms with Crippen LogP contribution in [0, 0.1) is 5.82 Å². The number of benzene rings is 2. The number of anilines is 2. The third-order valence-electron chi connectivity index (χ3n) is 3.25. The van der Waals surface area contributed by atoms with Crippen LogP contribution >= 0.6 is 0 Å². The van der Waals surface area contributed by atoms with Crippen molar-refractivity contribution in [2.45, 2.75) is 6.92 Å². The van der Waals surface area contributed by atoms with Crippen LogP contribution in [0.1, 0.15) is 6.92 Å². The van der Waals surface area contributed by atoms with Crippen molar-refractivity contribution in [3.63, 3.8) is 0 Å². The van der Waals surface area contributed by atoms with Crippen LogP contribution in [-0.2, 0) is 14.8 Å². The zero-order chi connectivity index (χ0) is 18.4. The fourth-order valence-corrected chi connectivity index (χ4v) is 3.03. The molecule has 0 spiro atoms. The summed E-state index contributed by atoms with van der Waals surface area (Å²) in [6.45, 7) is 1.75. The number of sulfonamides is 1. The molecule has 0 aliphatic heterocycles. The van der Waals surface area contributed by atoms with Crippen LogP contribution in [0.25, 0.3) is 0 Å². The number of ether oxygens (including phenoxy) is 1. The van der Waals surface area contributed by atoms with Gasteiger partial charge in [-0.05, 0) is 31.2 Å². The average Bonchev–Trinajstić information content (AvgIpc) is 2.54. The molecule has 2 aromatic carbocycles. The Hall–Kier alpha value is -2.61. The van der Waals surface area contributed by atoms with Crippen molar-refractivity contribution in [3.05, 3.63) is 54.3 Å². The predicted octanol–water partition coefficient (Wildman–Crippen LogP) is 2.63. The Bertz CT molecular complexity index is 855. The number of rotatable bonds is 7. The van der Waals surface area contributed by atoms with Crippen molar-refractivity contribution in [3.8, 4) is 5.75 Å². The molecule has 134 valence electrons. The van der Waals surface area contributed by atoms with Crippen molar-refractivity contribution in [1.82, 2.24) is 0 Å². The minimum atomic E-state index is -3.72. The van der Waals surface area contributed by atoms with Gasteiger partial charge in [-0.1, -0.05) is 18.2 Å². The summed E-state index contributed by atoms with van der Waals surface area (Å²) < 4.78 is 44.1. The van der Waals surface area contributed by atoms with Crippen LogP contribution in [-0.4, -0.2) is 33.7 Å². The van der Waals surface area contributed by atoms with Crippen LogP contribution < -0.4 is 14.4 Å². The zero-order valence-electron chi connectivity index (χ0n) is 13.9. The van der Waals surface area contributed by atoms with E-state index in [1.165, 1.54) is 24.3 Å². The van der Waals surface area contributed by atoms with Gasteiger partial charge in [-0.2, -0.15) is 0 Å². The molecular weight excluding hydrogens is 347 g/mol. The predicted molar refractivity (Wildman–Crippen MR) is 94.8 cm³/mol. The summed E-state index contributed by atoms with van der Waals surface area (Å²) in [5.74, 6) is -0.763. The molecule has 0 unspecified atom stereocenters. The Labute approximate surface area is 146 Å². The first-order valence-corrected chi connectivity index (χ1v) is 9.41. The Balaban J connectivity index is 2.23. The summed E-state index contributed by atoms with van der Waals surface area (Å²) in [6, 6.07) is 12.1. The van der Waals surface area contributed by atoms with E-state index in [9.17, 15) is 17.6 Å². The number of nitrogens with one attached hydrogen (secondary N) is 1. The highest BCUT2D eigenvalue weighted by molar-refractivity contribution is 7.92. The minimum Gasteiger partial charge on any atom is -0.494 e. The number of carbonyl (C=O) groups excluding carboxylic acids is 1. The van der Waals surface area contributed by atoms with E-state index in [2.05, 4.69) is 5.32 Å². The standard InChI is InChI=1S/C17H19FN2O4S/c1-3-24-14-8-6-7-13(11-14)20(25(2,22)23)12-17(21)19-16-10-5-4-9-15(16)18/h4-11H,3,12H2,1-2H3,(H,19,21). The molecular formula is C17H19FN2O4S. The summed E-state index contributed by atoms with van der Waals surface area (Å²) in [7, 11) is -3.72. The summed E-state index contributed by atoms with van der Waals surface area (Å²) in [5.41, 5.74) is 0.279. The molecule has 0 atom stereocenters. The first-order chi connectivity index (χ1) is 11.8. The van der Waals surface area contributed by atoms with Gasteiger partial charge in [0, 0.05) is 6.07 Å². The molecule has 0 aliphatic carbocycles. The molecule has 25 heavy (non-hydrogen) atoms. The highest BCUT2D eigenvalue weighted by Gasteiger charge is 2.21. The molecule has 6 nitrogen and oxygen atoms in total. The number of amides is 1. The fraction of sp³-hybridized carbons (Fsp3) is 0.235. The van der Waals surface area contributed by atoms with Crippen molar-refractivity contribution < 1.29 is 22.3 Å². The molecule has 0 aromatic heterocycles. The van der Waals surface area contributed by atoms with Gasteiger partial charge in [0.25, 0.3) is 0 Å². The molecule has 2 aromatic rings. The summed E-state index contributed by atoms with van der Waals surface area (Å²) >= 11 is 0. The molecule has 0 aliphatic rings. The van der Waals surface area contributed by atoms with Gasteiger partial charge in [0.15, 0.2) is 0 Å². The molecule has 0 heterocycles. The fourth-order valence-electron chi connectivity index (χ4n) is 2.18. The lowest BCUT2D eigenvalue weighted by atomic mass is 10.3. The van der Waals surface area contributed by atoms with Gasteiger partial charge < -0.3 is 10.1 Å². The first kappa shape index (κ1) is 18.7. The largest absolute Gasteiger partial charge is 0.494 e. The second kappa shape index (κ2) is 7.98. The number of para-hydroxylation sites is 1. The van der Waals surface area contributed by atoms with Crippen LogP contribution in [0.5, 0.6) is 5.75 Å². The quantitative estimate of drug-likeness (QED) is 0.817. The highest BCUT2D eigenvalue weighted by atomic mass is 32.2. The average molecular weight is 366 g/mol. The van der Waals surface area contributed by atoms with Gasteiger partial charge >= 0.3 is 0 Å². The third kappa shape index (κ3) is 5.18. The van der Waals surface area contributed by atoms with Gasteiger partial charge in [0.05, 0.1) is 24.2 Å². The second-order valence-electron chi connectivity index (χ2n) is 5.23. The van der Waals surface area contributed by atoms with E-state index in [4.69, 9.17) is 4.74 Å². The van der Waals surface area contributed by atoms with E-state index in [1.807, 2.05) is 6.92 Å². The molecule has 1 amide bonds. The minimum absolute atomic E-state index is 0.0102. The maximum Gasteiger partial charge on any atom is 0.245 e. The van der Waals surface area contributed by atoms with Crippen molar-refractivity contribution in [2.75, 3.05) is 29.0 Å². The normalized spacial score (nSPS) is 11.0. The van der Waals surface area contributed by atoms with Gasteiger partial charge in [0.1, 0.15) is 18.1 Å². The molecule has 1 N–H and O–H groups in total. The number of carbonyl (C=O) groups is 1. The third-order valence-corrected chi connectivity index (χ3v) is 4.39. The van der Waals surface area contributed by atoms with Gasteiger partial charge in [0.2, 0.25) is 15.9 Å². The Morgan fingerprint density at radius 2 is 1.92 bits per heavy atom. The van der Waals surface area contributed by atoms with Crippen molar-refractivity contribution in [2.24, 2.45) is 0 Å². The Morgan fingerprint density at radius 1 is 1.20 bits per heavy atom. The van der Waals surface area contributed by atoms with E-state index in [-0.39, 0.29) is 11.4 Å². The Kier molecular flexibility index (Phi) is 5.97. The number of halogens is 1. The number of hydrogen-bond donors (Lipinski definition) is 1. The van der Waals surface area contributed by atoms with Crippen molar-refractivity contribution in [1.29, 1.82) is 0 Å². The van der Waals surface area contributed by atoms with Crippen LogP contribution in [0.2, 0.25) is 0 Å². The lowest BCUT2D eigenvalue weighted by Crippen LogP contribution is -2.37. The first-order valence-electron chi connectivity index (χ1n) is 7.56. The second-order valence-corrected chi connectivity index (χ2v) is 7.13. The van der Waals surface area contributed by atoms with Gasteiger partial charge in [-0.25, -0.2) is 12.8 Å². The molecule has 0 saturated carbocycles. The van der Waals surface area contributed by atoms with Crippen molar-refractivity contribution >= 4 is 27.3 Å². The number of nitrogens with zero attached hydrogens (tertiary/aromatic N) is 1. The van der Waals surface area contributed by atoms with E-state index in [1.54, 1.807) is 24.3 Å². The molecule has 0 radical (unpaired) electrons. The van der Waals surface area contributed by atoms with Crippen LogP contribution in [0.4, 0.5) is 15.8 Å². The van der Waals surface area contributed by atoms with E-state index >= 15 is 0 Å². The van der Waals surface area contributed by atoms with Crippen LogP contribution in [0.3, 0.4) is 0 Å². The molecule has 2 rings (SSSR count). The summed E-state index contributed by atoms with van der Waals surface area (Å²) in [6.07, 6.45) is 0.997. The summed E-state index contributed by atoms with van der Waals surface area (Å²) in [4.78, 5) is 12.2. The van der Waals surface area contributed by atoms with Crippen LogP contribution in [0.15, 0.2) is 48.5 Å². The molecule has 0 bridgehead atoms. The smallest absolute Gasteiger partial charge is 0.245 e. The lowest BCUT2D eigenvalue weighted by molar-refractivity contribution is -0.114. The monoisotopic (exact) mass is 366 g/mol. The number of hydrogen-bond acceptors (Lipinski definition) is 4. The SMILES string of the molecule is CCOc1cccc(N(CC(=O)Nc2ccccc2F)S(C)(=O)=O)c1. The van der Waals surface area contributed by atoms with E-state index in [0.29, 0.717) is 12.4 Å². The highest BCUT2D eigenvalue weighted by Crippen LogP contribution is 2.23.